The van der Waals surface area contributed by atoms with E-state index in [4.69, 9.17) is 4.74 Å². The van der Waals surface area contributed by atoms with Crippen molar-refractivity contribution in [3.05, 3.63) is 0 Å². The first-order valence-electron chi connectivity index (χ1n) is 7.10. The molecule has 6 heteroatoms. The van der Waals surface area contributed by atoms with Gasteiger partial charge in [-0.25, -0.2) is 9.59 Å². The highest BCUT2D eigenvalue weighted by Crippen LogP contribution is 2.30. The fourth-order valence-corrected chi connectivity index (χ4v) is 3.36. The van der Waals surface area contributed by atoms with Crippen molar-refractivity contribution in [2.45, 2.75) is 57.8 Å². The highest BCUT2D eigenvalue weighted by atomic mass is 16.5. The molecule has 0 spiro atoms. The van der Waals surface area contributed by atoms with Crippen LogP contribution < -0.4 is 0 Å². The average molecular weight is 284 g/mol. The Labute approximate surface area is 119 Å². The summed E-state index contributed by atoms with van der Waals surface area (Å²) in [6.07, 6.45) is 1.29. The maximum atomic E-state index is 12.6. The van der Waals surface area contributed by atoms with Crippen molar-refractivity contribution in [3.63, 3.8) is 0 Å². The topological polar surface area (TPSA) is 70.1 Å². The van der Waals surface area contributed by atoms with Crippen LogP contribution in [0.2, 0.25) is 0 Å². The quantitative estimate of drug-likeness (QED) is 0.793. The lowest BCUT2D eigenvalue weighted by Gasteiger charge is -2.48. The lowest BCUT2D eigenvalue weighted by molar-refractivity contribution is -0.172. The molecule has 0 radical (unpaired) electrons. The summed E-state index contributed by atoms with van der Waals surface area (Å²) in [4.78, 5) is 27.1. The van der Waals surface area contributed by atoms with Gasteiger partial charge in [0.1, 0.15) is 6.04 Å². The molecule has 0 aromatic carbocycles. The summed E-state index contributed by atoms with van der Waals surface area (Å²) in [5.74, 6) is -0.914. The molecule has 2 amide bonds. The molecule has 2 rings (SSSR count). The number of likely N-dealkylation sites (tertiary alicyclic amines) is 1. The van der Waals surface area contributed by atoms with Gasteiger partial charge in [-0.05, 0) is 40.5 Å². The van der Waals surface area contributed by atoms with Crippen LogP contribution in [0.3, 0.4) is 0 Å². The summed E-state index contributed by atoms with van der Waals surface area (Å²) < 4.78 is 5.95. The Balaban J connectivity index is 2.14. The molecule has 2 aliphatic heterocycles. The summed E-state index contributed by atoms with van der Waals surface area (Å²) >= 11 is 0. The van der Waals surface area contributed by atoms with Crippen molar-refractivity contribution in [2.24, 2.45) is 0 Å². The molecule has 20 heavy (non-hydrogen) atoms. The van der Waals surface area contributed by atoms with E-state index in [1.807, 2.05) is 27.7 Å². The smallest absolute Gasteiger partial charge is 0.326 e. The van der Waals surface area contributed by atoms with E-state index in [1.165, 1.54) is 4.90 Å². The number of nitrogens with zero attached hydrogens (tertiary/aromatic N) is 2. The number of carbonyl (C=O) groups excluding carboxylic acids is 1. The molecule has 0 unspecified atom stereocenters. The summed E-state index contributed by atoms with van der Waals surface area (Å²) in [6.45, 7) is 9.30. The Kier molecular flexibility index (Phi) is 3.71. The Bertz CT molecular complexity index is 403. The van der Waals surface area contributed by atoms with E-state index >= 15 is 0 Å². The number of carbonyl (C=O) groups is 2. The van der Waals surface area contributed by atoms with Crippen LogP contribution in [0.1, 0.15) is 40.5 Å². The third-order valence-corrected chi connectivity index (χ3v) is 3.75. The third kappa shape index (κ3) is 3.06. The number of urea groups is 1. The molecule has 1 atom stereocenters. The minimum Gasteiger partial charge on any atom is -0.480 e. The molecule has 0 aliphatic carbocycles. The van der Waals surface area contributed by atoms with Gasteiger partial charge in [-0.1, -0.05) is 0 Å². The van der Waals surface area contributed by atoms with Gasteiger partial charge in [-0.15, -0.1) is 0 Å². The zero-order valence-corrected chi connectivity index (χ0v) is 12.7. The van der Waals surface area contributed by atoms with Gasteiger partial charge in [0, 0.05) is 6.54 Å². The van der Waals surface area contributed by atoms with E-state index in [-0.39, 0.29) is 6.03 Å². The molecular weight excluding hydrogens is 260 g/mol. The van der Waals surface area contributed by atoms with E-state index in [0.29, 0.717) is 26.1 Å². The van der Waals surface area contributed by atoms with Crippen molar-refractivity contribution in [1.82, 2.24) is 9.80 Å². The van der Waals surface area contributed by atoms with Crippen LogP contribution in [0.25, 0.3) is 0 Å². The Morgan fingerprint density at radius 2 is 1.70 bits per heavy atom. The predicted molar refractivity (Wildman–Crippen MR) is 73.6 cm³/mol. The normalized spacial score (nSPS) is 28.5. The van der Waals surface area contributed by atoms with Crippen LogP contribution in [0.15, 0.2) is 0 Å². The number of hydrogen-bond donors (Lipinski definition) is 1. The SMILES string of the molecule is CC1(C)CN(C(=O)N2CCC[C@H]2C(=O)O)CC(C)(C)O1. The Hall–Kier alpha value is -1.30. The van der Waals surface area contributed by atoms with Gasteiger partial charge in [-0.2, -0.15) is 0 Å². The zero-order valence-electron chi connectivity index (χ0n) is 12.7. The van der Waals surface area contributed by atoms with Crippen LogP contribution in [0.5, 0.6) is 0 Å². The van der Waals surface area contributed by atoms with Crippen molar-refractivity contribution in [3.8, 4) is 0 Å². The van der Waals surface area contributed by atoms with Gasteiger partial charge >= 0.3 is 12.0 Å². The zero-order chi connectivity index (χ0) is 15.1. The van der Waals surface area contributed by atoms with Gasteiger partial charge in [-0.3, -0.25) is 0 Å². The lowest BCUT2D eigenvalue weighted by atomic mass is 9.99. The van der Waals surface area contributed by atoms with Crippen LogP contribution in [0, 0.1) is 0 Å². The second-order valence-corrected chi connectivity index (χ2v) is 6.95. The lowest BCUT2D eigenvalue weighted by Crippen LogP contribution is -2.61. The van der Waals surface area contributed by atoms with Crippen LogP contribution >= 0.6 is 0 Å². The summed E-state index contributed by atoms with van der Waals surface area (Å²) in [5, 5.41) is 9.20. The molecule has 2 fully saturated rings. The number of amides is 2. The minimum absolute atomic E-state index is 0.181. The van der Waals surface area contributed by atoms with E-state index in [2.05, 4.69) is 0 Å². The molecule has 114 valence electrons. The van der Waals surface area contributed by atoms with Gasteiger partial charge in [0.2, 0.25) is 0 Å². The number of carboxylic acids is 1. The first kappa shape index (κ1) is 15.1. The van der Waals surface area contributed by atoms with Crippen molar-refractivity contribution >= 4 is 12.0 Å². The fourth-order valence-electron chi connectivity index (χ4n) is 3.36. The van der Waals surface area contributed by atoms with Crippen molar-refractivity contribution < 1.29 is 19.4 Å². The second kappa shape index (κ2) is 4.91. The molecule has 0 saturated carbocycles. The molecule has 2 aliphatic rings. The van der Waals surface area contributed by atoms with Gasteiger partial charge in [0.05, 0.1) is 24.3 Å². The average Bonchev–Trinajstić information content (AvgIpc) is 2.72. The molecular formula is C14H24N2O4. The molecule has 0 aromatic heterocycles. The van der Waals surface area contributed by atoms with E-state index in [1.54, 1.807) is 4.90 Å². The minimum atomic E-state index is -0.914. The molecule has 6 nitrogen and oxygen atoms in total. The standard InChI is InChI=1S/C14H24N2O4/c1-13(2)8-15(9-14(3,4)20-13)12(19)16-7-5-6-10(16)11(17)18/h10H,5-9H2,1-4H3,(H,17,18)/t10-/m0/s1. The summed E-state index contributed by atoms with van der Waals surface area (Å²) in [5.41, 5.74) is -0.842. The summed E-state index contributed by atoms with van der Waals surface area (Å²) in [7, 11) is 0. The molecule has 2 heterocycles. The van der Waals surface area contributed by atoms with Crippen LogP contribution in [0.4, 0.5) is 4.79 Å². The molecule has 1 N–H and O–H groups in total. The highest BCUT2D eigenvalue weighted by molar-refractivity contribution is 5.83. The van der Waals surface area contributed by atoms with Crippen molar-refractivity contribution in [2.75, 3.05) is 19.6 Å². The Morgan fingerprint density at radius 1 is 1.15 bits per heavy atom. The Morgan fingerprint density at radius 3 is 2.20 bits per heavy atom. The maximum Gasteiger partial charge on any atom is 0.326 e. The van der Waals surface area contributed by atoms with E-state index in [9.17, 15) is 14.7 Å². The van der Waals surface area contributed by atoms with Crippen LogP contribution in [-0.4, -0.2) is 63.8 Å². The number of morpholine rings is 1. The monoisotopic (exact) mass is 284 g/mol. The molecule has 2 saturated heterocycles. The maximum absolute atomic E-state index is 12.6. The second-order valence-electron chi connectivity index (χ2n) is 6.95. The first-order valence-corrected chi connectivity index (χ1v) is 7.10. The first-order chi connectivity index (χ1) is 9.11. The fraction of sp³-hybridized carbons (Fsp3) is 0.857. The number of carboxylic acid groups (broad SMARTS) is 1. The molecule has 0 bridgehead atoms. The van der Waals surface area contributed by atoms with Gasteiger partial charge < -0.3 is 19.6 Å². The predicted octanol–water partition coefficient (Wildman–Crippen LogP) is 1.54. The number of hydrogen-bond acceptors (Lipinski definition) is 3. The molecule has 0 aromatic rings. The van der Waals surface area contributed by atoms with E-state index < -0.39 is 23.2 Å². The van der Waals surface area contributed by atoms with Crippen molar-refractivity contribution in [1.29, 1.82) is 0 Å². The number of rotatable bonds is 1. The summed E-state index contributed by atoms with van der Waals surface area (Å²) in [6, 6.07) is -0.865. The van der Waals surface area contributed by atoms with Gasteiger partial charge in [0.25, 0.3) is 0 Å². The number of aliphatic carboxylic acids is 1. The van der Waals surface area contributed by atoms with Gasteiger partial charge in [0.15, 0.2) is 0 Å². The highest BCUT2D eigenvalue weighted by Gasteiger charge is 2.43. The third-order valence-electron chi connectivity index (χ3n) is 3.75. The number of ether oxygens (including phenoxy) is 1. The largest absolute Gasteiger partial charge is 0.480 e. The van der Waals surface area contributed by atoms with Crippen LogP contribution in [-0.2, 0) is 9.53 Å². The van der Waals surface area contributed by atoms with E-state index in [0.717, 1.165) is 6.42 Å².